The van der Waals surface area contributed by atoms with Crippen LogP contribution in [0.1, 0.15) is 5.56 Å². The Labute approximate surface area is 88.5 Å². The highest BCUT2D eigenvalue weighted by Gasteiger charge is 2.04. The van der Waals surface area contributed by atoms with Crippen molar-refractivity contribution >= 4 is 23.5 Å². The van der Waals surface area contributed by atoms with Crippen molar-refractivity contribution in [2.24, 2.45) is 10.7 Å². The first kappa shape index (κ1) is 11.0. The summed E-state index contributed by atoms with van der Waals surface area (Å²) in [5, 5.41) is 2.40. The topological polar surface area (TPSA) is 67.5 Å². The van der Waals surface area contributed by atoms with Gasteiger partial charge in [0.1, 0.15) is 0 Å². The normalized spacial score (nSPS) is 10.9. The van der Waals surface area contributed by atoms with Crippen LogP contribution in [0.15, 0.2) is 35.8 Å². The second-order valence-corrected chi connectivity index (χ2v) is 2.84. The number of nitrogens with zero attached hydrogens (tertiary/aromatic N) is 1. The maximum absolute atomic E-state index is 11.1. The van der Waals surface area contributed by atoms with Gasteiger partial charge in [0, 0.05) is 7.05 Å². The maximum Gasteiger partial charge on any atom is 0.286 e. The standard InChI is InChI=1S/C11H13N3O/c1-3-8-6-4-5-7-9(8)14-10(12)11(15)13-2/h3-7H,1H2,2H3,(H2,12,14)(H,13,15). The lowest BCUT2D eigenvalue weighted by molar-refractivity contribution is -0.114. The second kappa shape index (κ2) is 4.95. The molecule has 78 valence electrons. The Hall–Kier alpha value is -2.10. The zero-order chi connectivity index (χ0) is 11.3. The summed E-state index contributed by atoms with van der Waals surface area (Å²) in [7, 11) is 1.50. The van der Waals surface area contributed by atoms with E-state index in [4.69, 9.17) is 5.73 Å². The molecule has 0 unspecified atom stereocenters. The third kappa shape index (κ3) is 2.67. The summed E-state index contributed by atoms with van der Waals surface area (Å²) in [6.45, 7) is 3.65. The molecule has 0 aliphatic carbocycles. The van der Waals surface area contributed by atoms with Crippen LogP contribution in [0.2, 0.25) is 0 Å². The van der Waals surface area contributed by atoms with E-state index in [1.54, 1.807) is 12.1 Å². The lowest BCUT2D eigenvalue weighted by atomic mass is 10.2. The Kier molecular flexibility index (Phi) is 3.62. The van der Waals surface area contributed by atoms with E-state index in [-0.39, 0.29) is 5.84 Å². The summed E-state index contributed by atoms with van der Waals surface area (Å²) < 4.78 is 0. The molecule has 4 nitrogen and oxygen atoms in total. The highest BCUT2D eigenvalue weighted by molar-refractivity contribution is 6.37. The zero-order valence-electron chi connectivity index (χ0n) is 8.53. The Morgan fingerprint density at radius 2 is 2.20 bits per heavy atom. The van der Waals surface area contributed by atoms with Crippen LogP contribution in [0.25, 0.3) is 6.08 Å². The number of rotatable bonds is 2. The summed E-state index contributed by atoms with van der Waals surface area (Å²) in [5.41, 5.74) is 6.96. The number of benzene rings is 1. The lowest BCUT2D eigenvalue weighted by Gasteiger charge is -2.01. The van der Waals surface area contributed by atoms with Gasteiger partial charge in [-0.05, 0) is 11.6 Å². The predicted molar refractivity (Wildman–Crippen MR) is 61.9 cm³/mol. The van der Waals surface area contributed by atoms with Gasteiger partial charge in [-0.2, -0.15) is 0 Å². The number of para-hydroxylation sites is 1. The van der Waals surface area contributed by atoms with E-state index in [1.165, 1.54) is 7.05 Å². The molecule has 0 saturated heterocycles. The lowest BCUT2D eigenvalue weighted by Crippen LogP contribution is -2.33. The fraction of sp³-hybridized carbons (Fsp3) is 0.0909. The van der Waals surface area contributed by atoms with E-state index in [2.05, 4.69) is 16.9 Å². The van der Waals surface area contributed by atoms with Crippen molar-refractivity contribution < 1.29 is 4.79 Å². The Balaban J connectivity index is 3.07. The largest absolute Gasteiger partial charge is 0.379 e. The molecule has 0 aliphatic heterocycles. The number of aliphatic imine (C=N–C) groups is 1. The van der Waals surface area contributed by atoms with Crippen LogP contribution in [0, 0.1) is 0 Å². The van der Waals surface area contributed by atoms with Crippen LogP contribution in [0.3, 0.4) is 0 Å². The second-order valence-electron chi connectivity index (χ2n) is 2.84. The number of carbonyl (C=O) groups excluding carboxylic acids is 1. The number of nitrogens with one attached hydrogen (secondary N) is 1. The van der Waals surface area contributed by atoms with E-state index < -0.39 is 5.91 Å². The third-order valence-corrected chi connectivity index (χ3v) is 1.86. The van der Waals surface area contributed by atoms with Crippen molar-refractivity contribution in [3.8, 4) is 0 Å². The molecule has 3 N–H and O–H groups in total. The van der Waals surface area contributed by atoms with Gasteiger partial charge >= 0.3 is 0 Å². The SMILES string of the molecule is C=Cc1ccccc1N=C(N)C(=O)NC. The monoisotopic (exact) mass is 203 g/mol. The van der Waals surface area contributed by atoms with Crippen LogP contribution in [-0.2, 0) is 4.79 Å². The van der Waals surface area contributed by atoms with E-state index in [9.17, 15) is 4.79 Å². The van der Waals surface area contributed by atoms with Gasteiger partial charge in [-0.15, -0.1) is 0 Å². The van der Waals surface area contributed by atoms with E-state index in [0.717, 1.165) is 5.56 Å². The molecular formula is C11H13N3O. The summed E-state index contributed by atoms with van der Waals surface area (Å²) in [4.78, 5) is 15.1. The first-order valence-corrected chi connectivity index (χ1v) is 4.46. The molecule has 1 amide bonds. The summed E-state index contributed by atoms with van der Waals surface area (Å²) in [5.74, 6) is -0.458. The first-order chi connectivity index (χ1) is 7.19. The number of nitrogens with two attached hydrogens (primary N) is 1. The number of amides is 1. The van der Waals surface area contributed by atoms with Gasteiger partial charge in [-0.3, -0.25) is 4.79 Å². The van der Waals surface area contributed by atoms with Crippen LogP contribution in [0.5, 0.6) is 0 Å². The minimum atomic E-state index is -0.395. The highest BCUT2D eigenvalue weighted by atomic mass is 16.2. The van der Waals surface area contributed by atoms with Gasteiger partial charge in [0.2, 0.25) is 0 Å². The Bertz CT molecular complexity index is 410. The van der Waals surface area contributed by atoms with Gasteiger partial charge in [-0.1, -0.05) is 30.9 Å². The Morgan fingerprint density at radius 3 is 2.80 bits per heavy atom. The van der Waals surface area contributed by atoms with Crippen LogP contribution in [0.4, 0.5) is 5.69 Å². The Morgan fingerprint density at radius 1 is 1.53 bits per heavy atom. The molecule has 0 heterocycles. The van der Waals surface area contributed by atoms with Crippen molar-refractivity contribution in [3.05, 3.63) is 36.4 Å². The summed E-state index contributed by atoms with van der Waals surface area (Å²) in [6.07, 6.45) is 1.66. The summed E-state index contributed by atoms with van der Waals surface area (Å²) in [6, 6.07) is 7.31. The fourth-order valence-electron chi connectivity index (χ4n) is 1.07. The highest BCUT2D eigenvalue weighted by Crippen LogP contribution is 2.19. The van der Waals surface area contributed by atoms with E-state index in [1.807, 2.05) is 18.2 Å². The number of likely N-dealkylation sites (N-methyl/N-ethyl adjacent to an activating group) is 1. The van der Waals surface area contributed by atoms with Crippen molar-refractivity contribution in [1.82, 2.24) is 5.32 Å². The molecule has 1 aromatic carbocycles. The fourth-order valence-corrected chi connectivity index (χ4v) is 1.07. The van der Waals surface area contributed by atoms with E-state index in [0.29, 0.717) is 5.69 Å². The van der Waals surface area contributed by atoms with Crippen molar-refractivity contribution in [3.63, 3.8) is 0 Å². The van der Waals surface area contributed by atoms with Crippen LogP contribution < -0.4 is 11.1 Å². The van der Waals surface area contributed by atoms with Crippen molar-refractivity contribution in [2.45, 2.75) is 0 Å². The molecule has 0 aliphatic rings. The minimum Gasteiger partial charge on any atom is -0.379 e. The average Bonchev–Trinajstić information content (AvgIpc) is 2.28. The van der Waals surface area contributed by atoms with Gasteiger partial charge < -0.3 is 11.1 Å². The number of hydrogen-bond donors (Lipinski definition) is 2. The molecule has 0 atom stereocenters. The molecule has 0 bridgehead atoms. The predicted octanol–water partition coefficient (Wildman–Crippen LogP) is 1.06. The van der Waals surface area contributed by atoms with Gasteiger partial charge in [0.25, 0.3) is 5.91 Å². The molecule has 1 aromatic rings. The molecule has 0 fully saturated rings. The van der Waals surface area contributed by atoms with Gasteiger partial charge in [0.05, 0.1) is 5.69 Å². The molecule has 15 heavy (non-hydrogen) atoms. The van der Waals surface area contributed by atoms with Crippen LogP contribution in [-0.4, -0.2) is 18.8 Å². The molecular weight excluding hydrogens is 190 g/mol. The molecule has 1 rings (SSSR count). The van der Waals surface area contributed by atoms with Gasteiger partial charge in [0.15, 0.2) is 5.84 Å². The maximum atomic E-state index is 11.1. The molecule has 0 saturated carbocycles. The quantitative estimate of drug-likeness (QED) is 0.557. The molecule has 4 heteroatoms. The minimum absolute atomic E-state index is 0.0631. The van der Waals surface area contributed by atoms with Crippen molar-refractivity contribution in [1.29, 1.82) is 0 Å². The third-order valence-electron chi connectivity index (χ3n) is 1.86. The van der Waals surface area contributed by atoms with Crippen molar-refractivity contribution in [2.75, 3.05) is 7.05 Å². The zero-order valence-corrected chi connectivity index (χ0v) is 8.53. The molecule has 0 aromatic heterocycles. The van der Waals surface area contributed by atoms with Crippen LogP contribution >= 0.6 is 0 Å². The van der Waals surface area contributed by atoms with Gasteiger partial charge in [-0.25, -0.2) is 4.99 Å². The first-order valence-electron chi connectivity index (χ1n) is 4.46. The number of carbonyl (C=O) groups is 1. The van der Waals surface area contributed by atoms with E-state index >= 15 is 0 Å². The number of amidine groups is 1. The summed E-state index contributed by atoms with van der Waals surface area (Å²) >= 11 is 0. The molecule has 0 spiro atoms. The smallest absolute Gasteiger partial charge is 0.286 e. The average molecular weight is 203 g/mol. The number of hydrogen-bond acceptors (Lipinski definition) is 2. The molecule has 0 radical (unpaired) electrons.